The molecule has 1 aliphatic rings. The zero-order chi connectivity index (χ0) is 30.3. The molecule has 0 spiro atoms. The molecule has 1 saturated carbocycles. The normalized spacial score (nSPS) is 14.6. The predicted molar refractivity (Wildman–Crippen MR) is 165 cm³/mol. The van der Waals surface area contributed by atoms with Crippen molar-refractivity contribution < 1.29 is 22.7 Å². The summed E-state index contributed by atoms with van der Waals surface area (Å²) in [6, 6.07) is 18.7. The van der Waals surface area contributed by atoms with Gasteiger partial charge in [0.2, 0.25) is 11.8 Å². The number of nitrogens with one attached hydrogen (secondary N) is 1. The van der Waals surface area contributed by atoms with Gasteiger partial charge in [0.05, 0.1) is 27.7 Å². The number of hydrogen-bond donors (Lipinski definition) is 1. The highest BCUT2D eigenvalue weighted by Gasteiger charge is 2.34. The van der Waals surface area contributed by atoms with Crippen LogP contribution >= 0.6 is 23.2 Å². The van der Waals surface area contributed by atoms with Gasteiger partial charge in [0.1, 0.15) is 18.3 Å². The van der Waals surface area contributed by atoms with E-state index in [1.165, 1.54) is 29.2 Å². The number of anilines is 1. The first-order valence-corrected chi connectivity index (χ1v) is 16.1. The highest BCUT2D eigenvalue weighted by molar-refractivity contribution is 7.92. The van der Waals surface area contributed by atoms with E-state index >= 15 is 0 Å². The number of amides is 2. The van der Waals surface area contributed by atoms with Crippen molar-refractivity contribution in [3.8, 4) is 5.75 Å². The average Bonchev–Trinajstić information content (AvgIpc) is 3.01. The summed E-state index contributed by atoms with van der Waals surface area (Å²) in [5.41, 5.74) is 0.810. The van der Waals surface area contributed by atoms with Crippen LogP contribution in [0.2, 0.25) is 10.0 Å². The minimum atomic E-state index is -4.25. The van der Waals surface area contributed by atoms with Crippen LogP contribution in [0.3, 0.4) is 0 Å². The molecule has 3 aromatic rings. The average molecular weight is 633 g/mol. The molecule has 8 nitrogen and oxygen atoms in total. The minimum Gasteiger partial charge on any atom is -0.497 e. The van der Waals surface area contributed by atoms with Gasteiger partial charge in [-0.2, -0.15) is 0 Å². The monoisotopic (exact) mass is 631 g/mol. The minimum absolute atomic E-state index is 0.00346. The molecule has 0 bridgehead atoms. The van der Waals surface area contributed by atoms with Crippen molar-refractivity contribution in [3.63, 3.8) is 0 Å². The van der Waals surface area contributed by atoms with E-state index in [1.54, 1.807) is 62.6 Å². The summed E-state index contributed by atoms with van der Waals surface area (Å²) in [5.74, 6) is -0.217. The Hall–Kier alpha value is -3.27. The lowest BCUT2D eigenvalue weighted by Gasteiger charge is -2.33. The Kier molecular flexibility index (Phi) is 10.8. The number of rotatable bonds is 11. The van der Waals surface area contributed by atoms with Gasteiger partial charge in [-0.05, 0) is 61.7 Å². The van der Waals surface area contributed by atoms with Gasteiger partial charge in [-0.25, -0.2) is 8.42 Å². The number of hydrogen-bond acceptors (Lipinski definition) is 5. The zero-order valence-electron chi connectivity index (χ0n) is 23.6. The molecule has 1 N–H and O–H groups in total. The van der Waals surface area contributed by atoms with Crippen LogP contribution < -0.4 is 14.4 Å². The molecule has 42 heavy (non-hydrogen) atoms. The van der Waals surface area contributed by atoms with E-state index in [2.05, 4.69) is 5.32 Å². The van der Waals surface area contributed by atoms with E-state index in [-0.39, 0.29) is 39.1 Å². The fourth-order valence-electron chi connectivity index (χ4n) is 5.00. The van der Waals surface area contributed by atoms with Crippen molar-refractivity contribution >= 4 is 50.7 Å². The van der Waals surface area contributed by atoms with Gasteiger partial charge >= 0.3 is 0 Å². The number of methoxy groups -OCH3 is 1. The standard InChI is InChI=1S/C31H35Cl2N3O5S/c1-22(31(38)34-24-10-5-3-6-11-24)35(20-23-16-18-25(41-2)19-17-23)29(37)21-36(28-15-9-14-27(32)30(28)33)42(39,40)26-12-7-4-8-13-26/h4,7-9,12-19,22,24H,3,5-6,10-11,20-21H2,1-2H3,(H,34,38). The molecular weight excluding hydrogens is 597 g/mol. The Morgan fingerprint density at radius 3 is 2.26 bits per heavy atom. The number of sulfonamides is 1. The summed E-state index contributed by atoms with van der Waals surface area (Å²) >= 11 is 12.7. The Morgan fingerprint density at radius 1 is 0.952 bits per heavy atom. The van der Waals surface area contributed by atoms with E-state index < -0.39 is 28.5 Å². The van der Waals surface area contributed by atoms with E-state index in [9.17, 15) is 18.0 Å². The summed E-state index contributed by atoms with van der Waals surface area (Å²) in [4.78, 5) is 28.9. The topological polar surface area (TPSA) is 96.0 Å². The third-order valence-corrected chi connectivity index (χ3v) is 10.0. The summed E-state index contributed by atoms with van der Waals surface area (Å²) < 4.78 is 34.0. The molecule has 11 heteroatoms. The molecule has 1 unspecified atom stereocenters. The van der Waals surface area contributed by atoms with Crippen LogP contribution in [0.4, 0.5) is 5.69 Å². The third-order valence-electron chi connectivity index (χ3n) is 7.44. The molecule has 3 aromatic carbocycles. The molecule has 2 amide bonds. The fourth-order valence-corrected chi connectivity index (χ4v) is 6.89. The van der Waals surface area contributed by atoms with Crippen LogP contribution in [0.5, 0.6) is 5.75 Å². The van der Waals surface area contributed by atoms with Gasteiger partial charge in [-0.15, -0.1) is 0 Å². The van der Waals surface area contributed by atoms with Crippen molar-refractivity contribution in [1.29, 1.82) is 0 Å². The molecular formula is C31H35Cl2N3O5S. The Balaban J connectivity index is 1.69. The highest BCUT2D eigenvalue weighted by atomic mass is 35.5. The number of carbonyl (C=O) groups excluding carboxylic acids is 2. The SMILES string of the molecule is COc1ccc(CN(C(=O)CN(c2cccc(Cl)c2Cl)S(=O)(=O)c2ccccc2)C(C)C(=O)NC2CCCCC2)cc1. The van der Waals surface area contributed by atoms with Crippen LogP contribution in [0.15, 0.2) is 77.7 Å². The summed E-state index contributed by atoms with van der Waals surface area (Å²) in [7, 11) is -2.69. The summed E-state index contributed by atoms with van der Waals surface area (Å²) in [5, 5.41) is 3.23. The van der Waals surface area contributed by atoms with E-state index in [0.29, 0.717) is 5.75 Å². The Bertz CT molecular complexity index is 1480. The maximum Gasteiger partial charge on any atom is 0.264 e. The van der Waals surface area contributed by atoms with Gasteiger partial charge in [0.15, 0.2) is 0 Å². The molecule has 0 aromatic heterocycles. The van der Waals surface area contributed by atoms with Crippen LogP contribution in [0.1, 0.15) is 44.6 Å². The van der Waals surface area contributed by atoms with Crippen LogP contribution in [0.25, 0.3) is 0 Å². The first-order valence-electron chi connectivity index (χ1n) is 13.9. The van der Waals surface area contributed by atoms with Crippen molar-refractivity contribution in [2.45, 2.75) is 62.6 Å². The van der Waals surface area contributed by atoms with Crippen molar-refractivity contribution in [3.05, 3.63) is 88.4 Å². The first kappa shape index (κ1) is 31.7. The highest BCUT2D eigenvalue weighted by Crippen LogP contribution is 2.35. The molecule has 1 aliphatic carbocycles. The predicted octanol–water partition coefficient (Wildman–Crippen LogP) is 6.06. The van der Waals surface area contributed by atoms with Crippen molar-refractivity contribution in [1.82, 2.24) is 10.2 Å². The van der Waals surface area contributed by atoms with Gasteiger partial charge in [0.25, 0.3) is 10.0 Å². The lowest BCUT2D eigenvalue weighted by atomic mass is 9.95. The molecule has 0 heterocycles. The number of ether oxygens (including phenoxy) is 1. The lowest BCUT2D eigenvalue weighted by molar-refractivity contribution is -0.139. The number of benzene rings is 3. The first-order chi connectivity index (χ1) is 20.1. The summed E-state index contributed by atoms with van der Waals surface area (Å²) in [6.45, 7) is 1.13. The molecule has 224 valence electrons. The second-order valence-corrected chi connectivity index (χ2v) is 12.9. The maximum absolute atomic E-state index is 14.1. The largest absolute Gasteiger partial charge is 0.497 e. The maximum atomic E-state index is 14.1. The van der Waals surface area contributed by atoms with E-state index in [4.69, 9.17) is 27.9 Å². The molecule has 1 fully saturated rings. The number of carbonyl (C=O) groups is 2. The summed E-state index contributed by atoms with van der Waals surface area (Å²) in [6.07, 6.45) is 5.01. The van der Waals surface area contributed by atoms with Gasteiger partial charge in [-0.3, -0.25) is 13.9 Å². The lowest BCUT2D eigenvalue weighted by Crippen LogP contribution is -2.53. The smallest absolute Gasteiger partial charge is 0.264 e. The Labute approximate surface area is 257 Å². The van der Waals surface area contributed by atoms with Crippen LogP contribution in [0, 0.1) is 0 Å². The molecule has 4 rings (SSSR count). The van der Waals surface area contributed by atoms with Gasteiger partial charge in [0, 0.05) is 12.6 Å². The molecule has 0 saturated heterocycles. The molecule has 1 atom stereocenters. The quantitative estimate of drug-likeness (QED) is 0.277. The van der Waals surface area contributed by atoms with Crippen LogP contribution in [-0.4, -0.2) is 50.9 Å². The number of halogens is 2. The molecule has 0 radical (unpaired) electrons. The van der Waals surface area contributed by atoms with E-state index in [0.717, 1.165) is 42.0 Å². The fraction of sp³-hybridized carbons (Fsp3) is 0.355. The Morgan fingerprint density at radius 2 is 1.62 bits per heavy atom. The van der Waals surface area contributed by atoms with E-state index in [1.807, 2.05) is 0 Å². The van der Waals surface area contributed by atoms with Crippen molar-refractivity contribution in [2.24, 2.45) is 0 Å². The van der Waals surface area contributed by atoms with Gasteiger partial charge in [-0.1, -0.05) is 78.9 Å². The second kappa shape index (κ2) is 14.3. The second-order valence-electron chi connectivity index (χ2n) is 10.3. The van der Waals surface area contributed by atoms with Gasteiger partial charge < -0.3 is 15.0 Å². The number of nitrogens with zero attached hydrogens (tertiary/aromatic N) is 2. The third kappa shape index (κ3) is 7.56. The van der Waals surface area contributed by atoms with Crippen molar-refractivity contribution in [2.75, 3.05) is 18.0 Å². The zero-order valence-corrected chi connectivity index (χ0v) is 26.0. The molecule has 0 aliphatic heterocycles. The van der Waals surface area contributed by atoms with Crippen LogP contribution in [-0.2, 0) is 26.2 Å².